The maximum atomic E-state index is 12.4. The van der Waals surface area contributed by atoms with E-state index in [9.17, 15) is 98.3 Å². The molecule has 0 unspecified atom stereocenters. The third-order valence-electron chi connectivity index (χ3n) is 10.2. The van der Waals surface area contributed by atoms with Crippen molar-refractivity contribution in [3.8, 4) is 34.5 Å². The standard InChI is InChI=1S/3C14H8O7S.Al/c3*15-8-5-9(22(19,20)21)14(18)11-10(8)12(16)6-3-1-2-4-7(6)13(11)17;/h3*1-5,15,18H,(H,19,20,21);/q;;;+3/p-3. The molecule has 9 rings (SSSR count). The Kier molecular flexibility index (Phi) is 12.4. The van der Waals surface area contributed by atoms with Gasteiger partial charge in [0, 0.05) is 51.6 Å². The average Bonchev–Trinajstić information content (AvgIpc) is 3.25. The zero-order valence-corrected chi connectivity index (χ0v) is 36.4. The van der Waals surface area contributed by atoms with Crippen LogP contribution in [0.4, 0.5) is 0 Å². The summed E-state index contributed by atoms with van der Waals surface area (Å²) in [6.07, 6.45) is 0. The van der Waals surface area contributed by atoms with Gasteiger partial charge in [-0.3, -0.25) is 28.8 Å². The second-order valence-electron chi connectivity index (χ2n) is 14.0. The summed E-state index contributed by atoms with van der Waals surface area (Å²) in [5.41, 5.74) is -3.68. The van der Waals surface area contributed by atoms with E-state index in [1.165, 1.54) is 72.8 Å². The van der Waals surface area contributed by atoms with E-state index in [2.05, 4.69) is 0 Å². The van der Waals surface area contributed by atoms with Crippen molar-refractivity contribution in [3.05, 3.63) is 158 Å². The number of benzene rings is 6. The van der Waals surface area contributed by atoms with Crippen molar-refractivity contribution >= 4 is 82.4 Å². The van der Waals surface area contributed by atoms with Gasteiger partial charge in [-0.25, -0.2) is 25.3 Å². The second-order valence-corrected chi connectivity index (χ2v) is 18.0. The van der Waals surface area contributed by atoms with Gasteiger partial charge < -0.3 is 44.3 Å². The molecule has 25 heteroatoms. The van der Waals surface area contributed by atoms with Gasteiger partial charge in [0.25, 0.3) is 0 Å². The number of phenols is 6. The third kappa shape index (κ3) is 8.11. The topological polar surface area (TPSA) is 395 Å². The van der Waals surface area contributed by atoms with Gasteiger partial charge in [-0.15, -0.1) is 0 Å². The summed E-state index contributed by atoms with van der Waals surface area (Å²) in [4.78, 5) is 70.7. The minimum atomic E-state index is -5.13. The fourth-order valence-corrected chi connectivity index (χ4v) is 9.06. The molecule has 0 bridgehead atoms. The van der Waals surface area contributed by atoms with Gasteiger partial charge in [-0.05, 0) is 0 Å². The van der Waals surface area contributed by atoms with Crippen molar-refractivity contribution in [2.75, 3.05) is 0 Å². The number of hydrogen-bond donors (Lipinski definition) is 6. The minimum absolute atomic E-state index is 0. The number of aromatic hydroxyl groups is 6. The predicted molar refractivity (Wildman–Crippen MR) is 219 cm³/mol. The van der Waals surface area contributed by atoms with Crippen LogP contribution in [0, 0.1) is 0 Å². The van der Waals surface area contributed by atoms with E-state index in [-0.39, 0.29) is 50.7 Å². The van der Waals surface area contributed by atoms with Crippen LogP contribution in [-0.2, 0) is 30.4 Å². The van der Waals surface area contributed by atoms with E-state index >= 15 is 0 Å². The van der Waals surface area contributed by atoms with Gasteiger partial charge in [-0.2, -0.15) is 0 Å². The van der Waals surface area contributed by atoms with Gasteiger partial charge >= 0.3 is 17.4 Å². The van der Waals surface area contributed by atoms with Crippen LogP contribution in [0.3, 0.4) is 0 Å². The van der Waals surface area contributed by atoms with Crippen molar-refractivity contribution in [2.45, 2.75) is 14.7 Å². The van der Waals surface area contributed by atoms with Crippen molar-refractivity contribution in [2.24, 2.45) is 0 Å². The Hall–Kier alpha value is -7.60. The first kappa shape index (κ1) is 48.8. The van der Waals surface area contributed by atoms with Crippen molar-refractivity contribution in [1.82, 2.24) is 0 Å². The molecule has 6 aromatic carbocycles. The van der Waals surface area contributed by atoms with E-state index in [1.807, 2.05) is 0 Å². The fourth-order valence-electron chi connectivity index (χ4n) is 7.27. The van der Waals surface area contributed by atoms with Gasteiger partial charge in [0.2, 0.25) is 0 Å². The Bertz CT molecular complexity index is 3260. The fraction of sp³-hybridized carbons (Fsp3) is 0. The van der Waals surface area contributed by atoms with Gasteiger partial charge in [0.1, 0.15) is 79.5 Å². The molecule has 0 aliphatic heterocycles. The van der Waals surface area contributed by atoms with Crippen molar-refractivity contribution in [1.29, 1.82) is 0 Å². The number of carbonyl (C=O) groups is 6. The molecule has 21 nitrogen and oxygen atoms in total. The first-order valence-corrected chi connectivity index (χ1v) is 22.1. The van der Waals surface area contributed by atoms with Gasteiger partial charge in [-0.1, -0.05) is 72.8 Å². The molecule has 3 aliphatic rings. The molecule has 0 radical (unpaired) electrons. The van der Waals surface area contributed by atoms with Crippen LogP contribution in [0.1, 0.15) is 95.5 Å². The number of phenolic OH excluding ortho intramolecular Hbond substituents is 6. The number of hydrogen-bond acceptors (Lipinski definition) is 21. The summed E-state index contributed by atoms with van der Waals surface area (Å²) < 4.78 is 99.9. The van der Waals surface area contributed by atoms with Crippen LogP contribution in [0.2, 0.25) is 0 Å². The maximum absolute atomic E-state index is 12.4. The number of fused-ring (bicyclic) bond motifs is 6. The molecule has 6 aromatic rings. The first-order chi connectivity index (χ1) is 30.7. The van der Waals surface area contributed by atoms with Crippen molar-refractivity contribution in [3.63, 3.8) is 0 Å². The molecule has 0 saturated heterocycles. The van der Waals surface area contributed by atoms with Crippen LogP contribution >= 0.6 is 0 Å². The summed E-state index contributed by atoms with van der Waals surface area (Å²) in [6.45, 7) is 0. The number of rotatable bonds is 3. The summed E-state index contributed by atoms with van der Waals surface area (Å²) in [7, 11) is -15.4. The summed E-state index contributed by atoms with van der Waals surface area (Å²) in [5.74, 6) is -10.7. The molecule has 6 N–H and O–H groups in total. The normalized spacial score (nSPS) is 13.5. The average molecular weight is 985 g/mol. The number of carbonyl (C=O) groups excluding carboxylic acids is 6. The SMILES string of the molecule is O=C1c2ccccc2C(=O)c2c(O)c(S(=O)(=O)[O-])cc(O)c21.O=C1c2ccccc2C(=O)c2c(O)c(S(=O)(=O)[O-])cc(O)c21.O=C1c2ccccc2C(=O)c2c(O)c(S(=O)(=O)[O-])cc(O)c21.[Al+3]. The van der Waals surface area contributed by atoms with Gasteiger partial charge in [0.15, 0.2) is 34.7 Å². The summed E-state index contributed by atoms with van der Waals surface area (Å²) in [5, 5.41) is 59.4. The predicted octanol–water partition coefficient (Wildman–Crippen LogP) is 1.95. The Morgan fingerprint density at radius 3 is 0.642 bits per heavy atom. The molecular weight excluding hydrogens is 964 g/mol. The molecule has 0 amide bonds. The quantitative estimate of drug-likeness (QED) is 0.0837. The largest absolute Gasteiger partial charge is 3.00 e. The van der Waals surface area contributed by atoms with Crippen LogP contribution in [0.15, 0.2) is 106 Å². The molecular formula is C42H21AlO21S3. The summed E-state index contributed by atoms with van der Waals surface area (Å²) >= 11 is 0. The Morgan fingerprint density at radius 1 is 0.313 bits per heavy atom. The zero-order chi connectivity index (χ0) is 48.7. The molecule has 0 fully saturated rings. The van der Waals surface area contributed by atoms with E-state index in [4.69, 9.17) is 0 Å². The Balaban J connectivity index is 0.000000165. The molecule has 0 aromatic heterocycles. The van der Waals surface area contributed by atoms with E-state index < -0.39 is 148 Å². The zero-order valence-electron chi connectivity index (χ0n) is 32.8. The molecule has 0 saturated carbocycles. The molecule has 336 valence electrons. The van der Waals surface area contributed by atoms with E-state index in [0.717, 1.165) is 0 Å². The Morgan fingerprint density at radius 2 is 0.478 bits per heavy atom. The Labute approximate surface area is 385 Å². The van der Waals surface area contributed by atoms with Crippen LogP contribution < -0.4 is 0 Å². The molecule has 0 atom stereocenters. The van der Waals surface area contributed by atoms with E-state index in [1.54, 1.807) is 0 Å². The molecule has 3 aliphatic carbocycles. The maximum Gasteiger partial charge on any atom is 3.00 e. The van der Waals surface area contributed by atoms with Crippen LogP contribution in [0.25, 0.3) is 0 Å². The second kappa shape index (κ2) is 17.0. The van der Waals surface area contributed by atoms with Crippen molar-refractivity contribution < 1.29 is 98.3 Å². The first-order valence-electron chi connectivity index (χ1n) is 17.9. The van der Waals surface area contributed by atoms with Gasteiger partial charge in [0.05, 0.1) is 33.4 Å². The molecule has 0 spiro atoms. The molecule has 67 heavy (non-hydrogen) atoms. The monoisotopic (exact) mass is 984 g/mol. The summed E-state index contributed by atoms with van der Waals surface area (Å²) in [6, 6.07) is 18.5. The molecule has 0 heterocycles. The van der Waals surface area contributed by atoms with Crippen LogP contribution in [-0.4, -0.2) is 122 Å². The smallest absolute Gasteiger partial charge is 0.744 e. The van der Waals surface area contributed by atoms with E-state index in [0.29, 0.717) is 18.2 Å². The van der Waals surface area contributed by atoms with Crippen LogP contribution in [0.5, 0.6) is 34.5 Å². The number of ketones is 6. The minimum Gasteiger partial charge on any atom is -0.744 e. The third-order valence-corrected chi connectivity index (χ3v) is 12.7.